The summed E-state index contributed by atoms with van der Waals surface area (Å²) in [5.74, 6) is 0. The number of ether oxygens (including phenoxy) is 3. The van der Waals surface area contributed by atoms with E-state index in [0.717, 1.165) is 25.8 Å². The fourth-order valence-corrected chi connectivity index (χ4v) is 2.43. The van der Waals surface area contributed by atoms with Gasteiger partial charge in [0.2, 0.25) is 0 Å². The average Bonchev–Trinajstić information content (AvgIpc) is 2.37. The van der Waals surface area contributed by atoms with Crippen LogP contribution in [-0.2, 0) is 14.2 Å². The molecule has 1 amide bonds. The first-order chi connectivity index (χ1) is 9.32. The summed E-state index contributed by atoms with van der Waals surface area (Å²) >= 11 is 0. The van der Waals surface area contributed by atoms with E-state index >= 15 is 0 Å². The van der Waals surface area contributed by atoms with Crippen LogP contribution in [-0.4, -0.2) is 55.6 Å². The van der Waals surface area contributed by atoms with Crippen molar-refractivity contribution in [2.45, 2.75) is 58.2 Å². The standard InChI is InChI=1S/C15H29NO4/c1-6-15(19-11-10-18-5)8-7-9-16(12-15)13(17)20-14(2,3)4/h6-12H2,1-5H3. The lowest BCUT2D eigenvalue weighted by Crippen LogP contribution is -2.52. The molecule has 5 nitrogen and oxygen atoms in total. The zero-order valence-electron chi connectivity index (χ0n) is 13.5. The molecule has 0 aromatic heterocycles. The van der Waals surface area contributed by atoms with Gasteiger partial charge >= 0.3 is 6.09 Å². The van der Waals surface area contributed by atoms with Crippen LogP contribution < -0.4 is 0 Å². The second-order valence-corrected chi connectivity index (χ2v) is 6.38. The van der Waals surface area contributed by atoms with Gasteiger partial charge in [-0.25, -0.2) is 4.79 Å². The lowest BCUT2D eigenvalue weighted by atomic mass is 9.90. The third-order valence-electron chi connectivity index (χ3n) is 3.53. The number of hydrogen-bond acceptors (Lipinski definition) is 4. The van der Waals surface area contributed by atoms with Crippen molar-refractivity contribution < 1.29 is 19.0 Å². The Morgan fingerprint density at radius 3 is 2.55 bits per heavy atom. The van der Waals surface area contributed by atoms with Crippen LogP contribution in [0.1, 0.15) is 47.0 Å². The van der Waals surface area contributed by atoms with Gasteiger partial charge in [0.1, 0.15) is 5.60 Å². The molecule has 0 N–H and O–H groups in total. The molecule has 1 fully saturated rings. The van der Waals surface area contributed by atoms with E-state index in [0.29, 0.717) is 19.8 Å². The second-order valence-electron chi connectivity index (χ2n) is 6.38. The van der Waals surface area contributed by atoms with Crippen LogP contribution in [0.2, 0.25) is 0 Å². The third kappa shape index (κ3) is 5.29. The Bertz CT molecular complexity index is 313. The fourth-order valence-electron chi connectivity index (χ4n) is 2.43. The van der Waals surface area contributed by atoms with Crippen molar-refractivity contribution in [2.24, 2.45) is 0 Å². The normalized spacial score (nSPS) is 23.8. The predicted molar refractivity (Wildman–Crippen MR) is 77.9 cm³/mol. The molecule has 1 heterocycles. The van der Waals surface area contributed by atoms with Crippen LogP contribution >= 0.6 is 0 Å². The number of nitrogens with zero attached hydrogens (tertiary/aromatic N) is 1. The van der Waals surface area contributed by atoms with E-state index in [1.807, 2.05) is 20.8 Å². The summed E-state index contributed by atoms with van der Waals surface area (Å²) in [5, 5.41) is 0. The summed E-state index contributed by atoms with van der Waals surface area (Å²) in [6, 6.07) is 0. The number of hydrogen-bond donors (Lipinski definition) is 0. The number of carbonyl (C=O) groups excluding carboxylic acids is 1. The van der Waals surface area contributed by atoms with Gasteiger partial charge in [0, 0.05) is 13.7 Å². The Balaban J connectivity index is 2.61. The predicted octanol–water partition coefficient (Wildman–Crippen LogP) is 2.83. The number of carbonyl (C=O) groups is 1. The van der Waals surface area contributed by atoms with Gasteiger partial charge in [-0.1, -0.05) is 6.92 Å². The van der Waals surface area contributed by atoms with Crippen molar-refractivity contribution in [1.82, 2.24) is 4.90 Å². The zero-order chi connectivity index (χ0) is 15.2. The van der Waals surface area contributed by atoms with Crippen molar-refractivity contribution in [1.29, 1.82) is 0 Å². The van der Waals surface area contributed by atoms with E-state index in [1.54, 1.807) is 12.0 Å². The van der Waals surface area contributed by atoms with Crippen LogP contribution in [0, 0.1) is 0 Å². The van der Waals surface area contributed by atoms with Gasteiger partial charge in [-0.2, -0.15) is 0 Å². The summed E-state index contributed by atoms with van der Waals surface area (Å²) in [6.45, 7) is 10.2. The van der Waals surface area contributed by atoms with Crippen molar-refractivity contribution in [3.8, 4) is 0 Å². The van der Waals surface area contributed by atoms with Gasteiger partial charge in [0.15, 0.2) is 0 Å². The first kappa shape index (κ1) is 17.2. The largest absolute Gasteiger partial charge is 0.444 e. The van der Waals surface area contributed by atoms with Crippen LogP contribution in [0.5, 0.6) is 0 Å². The molecule has 0 spiro atoms. The Labute approximate surface area is 122 Å². The molecular weight excluding hydrogens is 258 g/mol. The summed E-state index contributed by atoms with van der Waals surface area (Å²) in [6.07, 6.45) is 2.56. The number of piperidine rings is 1. The Morgan fingerprint density at radius 2 is 2.00 bits per heavy atom. The van der Waals surface area contributed by atoms with Crippen LogP contribution in [0.15, 0.2) is 0 Å². The Morgan fingerprint density at radius 1 is 1.30 bits per heavy atom. The first-order valence-electron chi connectivity index (χ1n) is 7.43. The summed E-state index contributed by atoms with van der Waals surface area (Å²) < 4.78 is 16.5. The molecule has 0 aromatic carbocycles. The summed E-state index contributed by atoms with van der Waals surface area (Å²) in [7, 11) is 1.66. The molecule has 0 radical (unpaired) electrons. The number of rotatable bonds is 5. The molecule has 20 heavy (non-hydrogen) atoms. The molecular formula is C15H29NO4. The van der Waals surface area contributed by atoms with E-state index < -0.39 is 5.60 Å². The molecule has 0 bridgehead atoms. The third-order valence-corrected chi connectivity index (χ3v) is 3.53. The molecule has 1 unspecified atom stereocenters. The number of likely N-dealkylation sites (tertiary alicyclic amines) is 1. The van der Waals surface area contributed by atoms with Crippen LogP contribution in [0.3, 0.4) is 0 Å². The maximum Gasteiger partial charge on any atom is 0.410 e. The van der Waals surface area contributed by atoms with Crippen LogP contribution in [0.25, 0.3) is 0 Å². The summed E-state index contributed by atoms with van der Waals surface area (Å²) in [4.78, 5) is 13.9. The van der Waals surface area contributed by atoms with Gasteiger partial charge in [0.25, 0.3) is 0 Å². The van der Waals surface area contributed by atoms with E-state index in [9.17, 15) is 4.79 Å². The van der Waals surface area contributed by atoms with Gasteiger partial charge in [-0.05, 0) is 40.0 Å². The minimum Gasteiger partial charge on any atom is -0.444 e. The fraction of sp³-hybridized carbons (Fsp3) is 0.933. The Hall–Kier alpha value is -0.810. The average molecular weight is 287 g/mol. The molecule has 1 saturated heterocycles. The monoisotopic (exact) mass is 287 g/mol. The first-order valence-corrected chi connectivity index (χ1v) is 7.43. The minimum atomic E-state index is -0.458. The van der Waals surface area contributed by atoms with Gasteiger partial charge in [0.05, 0.1) is 25.4 Å². The van der Waals surface area contributed by atoms with Gasteiger partial charge in [-0.15, -0.1) is 0 Å². The second kappa shape index (κ2) is 7.27. The van der Waals surface area contributed by atoms with Crippen LogP contribution in [0.4, 0.5) is 4.79 Å². The van der Waals surface area contributed by atoms with E-state index in [-0.39, 0.29) is 11.7 Å². The molecule has 0 saturated carbocycles. The van der Waals surface area contributed by atoms with E-state index in [2.05, 4.69) is 6.92 Å². The van der Waals surface area contributed by atoms with E-state index in [4.69, 9.17) is 14.2 Å². The Kier molecular flexibility index (Phi) is 6.27. The highest BCUT2D eigenvalue weighted by Gasteiger charge is 2.37. The minimum absolute atomic E-state index is 0.245. The van der Waals surface area contributed by atoms with Crippen molar-refractivity contribution in [3.63, 3.8) is 0 Å². The zero-order valence-corrected chi connectivity index (χ0v) is 13.5. The number of amides is 1. The molecule has 1 aliphatic rings. The highest BCUT2D eigenvalue weighted by Crippen LogP contribution is 2.29. The van der Waals surface area contributed by atoms with Gasteiger partial charge < -0.3 is 19.1 Å². The highest BCUT2D eigenvalue weighted by molar-refractivity contribution is 5.68. The molecule has 0 aliphatic carbocycles. The SMILES string of the molecule is CCC1(OCCOC)CCCN(C(=O)OC(C)(C)C)C1. The topological polar surface area (TPSA) is 48.0 Å². The van der Waals surface area contributed by atoms with Crippen molar-refractivity contribution >= 4 is 6.09 Å². The molecule has 1 rings (SSSR count). The van der Waals surface area contributed by atoms with Gasteiger partial charge in [-0.3, -0.25) is 0 Å². The molecule has 1 aliphatic heterocycles. The number of methoxy groups -OCH3 is 1. The molecule has 118 valence electrons. The maximum atomic E-state index is 12.2. The quantitative estimate of drug-likeness (QED) is 0.730. The summed E-state index contributed by atoms with van der Waals surface area (Å²) in [5.41, 5.74) is -0.714. The smallest absolute Gasteiger partial charge is 0.410 e. The van der Waals surface area contributed by atoms with Crippen molar-refractivity contribution in [3.05, 3.63) is 0 Å². The maximum absolute atomic E-state index is 12.2. The molecule has 1 atom stereocenters. The highest BCUT2D eigenvalue weighted by atomic mass is 16.6. The molecule has 0 aromatic rings. The lowest BCUT2D eigenvalue weighted by molar-refractivity contribution is -0.103. The van der Waals surface area contributed by atoms with Crippen molar-refractivity contribution in [2.75, 3.05) is 33.4 Å². The van der Waals surface area contributed by atoms with E-state index in [1.165, 1.54) is 0 Å². The lowest BCUT2D eigenvalue weighted by Gasteiger charge is -2.42. The molecule has 5 heteroatoms.